The van der Waals surface area contributed by atoms with Gasteiger partial charge in [-0.15, -0.1) is 12.4 Å². The standard InChI is InChI=1S/C17H24N4O3.ClH/c1-3-15-20-17(24-21-15)14-6-4-13(5-7-14)8-9-19-16(22)12-18-10-11-23-2;/h4-7,18H,3,8-12H2,1-2H3,(H,19,22);1H. The molecule has 0 aliphatic carbocycles. The van der Waals surface area contributed by atoms with Gasteiger partial charge in [-0.2, -0.15) is 4.98 Å². The highest BCUT2D eigenvalue weighted by Crippen LogP contribution is 2.18. The van der Waals surface area contributed by atoms with E-state index in [9.17, 15) is 4.79 Å². The van der Waals surface area contributed by atoms with Crippen molar-refractivity contribution < 1.29 is 14.1 Å². The van der Waals surface area contributed by atoms with Crippen molar-refractivity contribution in [2.75, 3.05) is 33.4 Å². The molecule has 0 saturated heterocycles. The molecule has 2 aromatic rings. The van der Waals surface area contributed by atoms with Crippen LogP contribution in [0.1, 0.15) is 18.3 Å². The molecule has 7 nitrogen and oxygen atoms in total. The van der Waals surface area contributed by atoms with Crippen LogP contribution in [0.2, 0.25) is 0 Å². The molecule has 0 aliphatic rings. The number of hydrogen-bond donors (Lipinski definition) is 2. The molecular formula is C17H25ClN4O3. The van der Waals surface area contributed by atoms with Crippen LogP contribution >= 0.6 is 12.4 Å². The van der Waals surface area contributed by atoms with Crippen molar-refractivity contribution in [3.8, 4) is 11.5 Å². The Kier molecular flexibility index (Phi) is 9.76. The van der Waals surface area contributed by atoms with Crippen LogP contribution in [0.4, 0.5) is 0 Å². The Hall–Kier alpha value is -1.96. The molecule has 0 atom stereocenters. The predicted octanol–water partition coefficient (Wildman–Crippen LogP) is 1.62. The average Bonchev–Trinajstić information content (AvgIpc) is 3.08. The summed E-state index contributed by atoms with van der Waals surface area (Å²) in [5.41, 5.74) is 2.04. The molecule has 0 unspecified atom stereocenters. The van der Waals surface area contributed by atoms with Crippen LogP contribution in [0.3, 0.4) is 0 Å². The lowest BCUT2D eigenvalue weighted by atomic mass is 10.1. The molecule has 2 N–H and O–H groups in total. The molecule has 1 heterocycles. The van der Waals surface area contributed by atoms with E-state index >= 15 is 0 Å². The van der Waals surface area contributed by atoms with Crippen LogP contribution in [-0.4, -0.2) is 49.4 Å². The zero-order valence-electron chi connectivity index (χ0n) is 14.6. The monoisotopic (exact) mass is 368 g/mol. The van der Waals surface area contributed by atoms with Gasteiger partial charge in [0.1, 0.15) is 0 Å². The molecule has 1 amide bonds. The summed E-state index contributed by atoms with van der Waals surface area (Å²) in [5.74, 6) is 1.23. The van der Waals surface area contributed by atoms with Gasteiger partial charge in [-0.05, 0) is 24.1 Å². The smallest absolute Gasteiger partial charge is 0.257 e. The summed E-state index contributed by atoms with van der Waals surface area (Å²) in [7, 11) is 1.63. The summed E-state index contributed by atoms with van der Waals surface area (Å²) in [5, 5.41) is 9.78. The number of nitrogens with one attached hydrogen (secondary N) is 2. The molecule has 0 saturated carbocycles. The van der Waals surface area contributed by atoms with Gasteiger partial charge in [-0.25, -0.2) is 0 Å². The van der Waals surface area contributed by atoms with Gasteiger partial charge in [0.2, 0.25) is 5.91 Å². The Morgan fingerprint density at radius 2 is 2.00 bits per heavy atom. The van der Waals surface area contributed by atoms with Crippen molar-refractivity contribution in [1.29, 1.82) is 0 Å². The molecular weight excluding hydrogens is 344 g/mol. The van der Waals surface area contributed by atoms with Gasteiger partial charge in [0.05, 0.1) is 13.2 Å². The zero-order valence-corrected chi connectivity index (χ0v) is 15.4. The molecule has 1 aromatic carbocycles. The number of rotatable bonds is 10. The van der Waals surface area contributed by atoms with Gasteiger partial charge in [-0.1, -0.05) is 24.2 Å². The topological polar surface area (TPSA) is 89.3 Å². The number of halogens is 1. The largest absolute Gasteiger partial charge is 0.383 e. The third kappa shape index (κ3) is 7.21. The number of hydrogen-bond acceptors (Lipinski definition) is 6. The minimum Gasteiger partial charge on any atom is -0.383 e. The number of aryl methyl sites for hydroxylation is 1. The lowest BCUT2D eigenvalue weighted by Crippen LogP contribution is -2.36. The molecule has 0 aliphatic heterocycles. The van der Waals surface area contributed by atoms with E-state index < -0.39 is 0 Å². The third-order valence-electron chi connectivity index (χ3n) is 3.49. The van der Waals surface area contributed by atoms with Crippen LogP contribution in [0.5, 0.6) is 0 Å². The van der Waals surface area contributed by atoms with Crippen molar-refractivity contribution in [2.45, 2.75) is 19.8 Å². The van der Waals surface area contributed by atoms with Gasteiger partial charge >= 0.3 is 0 Å². The SMILES string of the molecule is CCc1noc(-c2ccc(CCNC(=O)CNCCOC)cc2)n1.Cl. The summed E-state index contributed by atoms with van der Waals surface area (Å²) in [4.78, 5) is 15.9. The van der Waals surface area contributed by atoms with E-state index in [2.05, 4.69) is 20.8 Å². The van der Waals surface area contributed by atoms with Crippen LogP contribution in [0, 0.1) is 0 Å². The van der Waals surface area contributed by atoms with E-state index in [0.717, 1.165) is 24.0 Å². The van der Waals surface area contributed by atoms with E-state index in [1.807, 2.05) is 31.2 Å². The highest BCUT2D eigenvalue weighted by molar-refractivity contribution is 5.85. The number of nitrogens with zero attached hydrogens (tertiary/aromatic N) is 2. The lowest BCUT2D eigenvalue weighted by Gasteiger charge is -2.07. The number of carbonyl (C=O) groups is 1. The number of amides is 1. The molecule has 2 rings (SSSR count). The summed E-state index contributed by atoms with van der Waals surface area (Å²) in [6.45, 7) is 4.16. The molecule has 25 heavy (non-hydrogen) atoms. The Bertz CT molecular complexity index is 631. The van der Waals surface area contributed by atoms with Crippen LogP contribution in [0.25, 0.3) is 11.5 Å². The maximum absolute atomic E-state index is 11.6. The maximum Gasteiger partial charge on any atom is 0.257 e. The van der Waals surface area contributed by atoms with Gasteiger partial charge in [-0.3, -0.25) is 4.79 Å². The first-order valence-electron chi connectivity index (χ1n) is 8.11. The first-order chi connectivity index (χ1) is 11.7. The van der Waals surface area contributed by atoms with Crippen LogP contribution < -0.4 is 10.6 Å². The normalized spacial score (nSPS) is 10.3. The molecule has 0 radical (unpaired) electrons. The molecule has 0 bridgehead atoms. The van der Waals surface area contributed by atoms with Crippen molar-refractivity contribution in [1.82, 2.24) is 20.8 Å². The Labute approximate surface area is 153 Å². The second-order valence-electron chi connectivity index (χ2n) is 5.34. The van der Waals surface area contributed by atoms with Gasteiger partial charge < -0.3 is 19.9 Å². The number of methoxy groups -OCH3 is 1. The first kappa shape index (κ1) is 21.1. The second kappa shape index (κ2) is 11.6. The zero-order chi connectivity index (χ0) is 17.2. The highest BCUT2D eigenvalue weighted by atomic mass is 35.5. The Balaban J connectivity index is 0.00000312. The minimum atomic E-state index is -0.0133. The number of carbonyl (C=O) groups excluding carboxylic acids is 1. The van der Waals surface area contributed by atoms with Crippen LogP contribution in [-0.2, 0) is 22.4 Å². The van der Waals surface area contributed by atoms with Gasteiger partial charge in [0.25, 0.3) is 5.89 Å². The van der Waals surface area contributed by atoms with Crippen molar-refractivity contribution in [3.05, 3.63) is 35.7 Å². The van der Waals surface area contributed by atoms with Crippen molar-refractivity contribution in [3.63, 3.8) is 0 Å². The van der Waals surface area contributed by atoms with Crippen LogP contribution in [0.15, 0.2) is 28.8 Å². The molecule has 8 heteroatoms. The van der Waals surface area contributed by atoms with Gasteiger partial charge in [0.15, 0.2) is 5.82 Å². The van der Waals surface area contributed by atoms with Gasteiger partial charge in [0, 0.05) is 32.2 Å². The highest BCUT2D eigenvalue weighted by Gasteiger charge is 2.07. The Morgan fingerprint density at radius 1 is 1.24 bits per heavy atom. The summed E-state index contributed by atoms with van der Waals surface area (Å²) >= 11 is 0. The minimum absolute atomic E-state index is 0. The molecule has 0 spiro atoms. The number of benzene rings is 1. The fourth-order valence-corrected chi connectivity index (χ4v) is 2.11. The molecule has 1 aromatic heterocycles. The van der Waals surface area contributed by atoms with E-state index in [4.69, 9.17) is 9.26 Å². The number of aromatic nitrogens is 2. The third-order valence-corrected chi connectivity index (χ3v) is 3.49. The summed E-state index contributed by atoms with van der Waals surface area (Å²) < 4.78 is 10.1. The fourth-order valence-electron chi connectivity index (χ4n) is 2.11. The molecule has 0 fully saturated rings. The first-order valence-corrected chi connectivity index (χ1v) is 8.11. The molecule has 138 valence electrons. The quantitative estimate of drug-likeness (QED) is 0.619. The number of ether oxygens (including phenoxy) is 1. The van der Waals surface area contributed by atoms with E-state index in [0.29, 0.717) is 38.0 Å². The predicted molar refractivity (Wildman–Crippen MR) is 97.8 cm³/mol. The maximum atomic E-state index is 11.6. The fraction of sp³-hybridized carbons (Fsp3) is 0.471. The van der Waals surface area contributed by atoms with E-state index in [1.165, 1.54) is 0 Å². The average molecular weight is 369 g/mol. The summed E-state index contributed by atoms with van der Waals surface area (Å²) in [6.07, 6.45) is 1.52. The van der Waals surface area contributed by atoms with E-state index in [-0.39, 0.29) is 18.3 Å². The lowest BCUT2D eigenvalue weighted by molar-refractivity contribution is -0.120. The van der Waals surface area contributed by atoms with E-state index in [1.54, 1.807) is 7.11 Å². The second-order valence-corrected chi connectivity index (χ2v) is 5.34. The Morgan fingerprint density at radius 3 is 2.64 bits per heavy atom. The van der Waals surface area contributed by atoms with Crippen molar-refractivity contribution in [2.24, 2.45) is 0 Å². The van der Waals surface area contributed by atoms with Crippen molar-refractivity contribution >= 4 is 18.3 Å². The summed E-state index contributed by atoms with van der Waals surface area (Å²) in [6, 6.07) is 7.93.